The van der Waals surface area contributed by atoms with E-state index in [1.165, 1.54) is 48.4 Å². The summed E-state index contributed by atoms with van der Waals surface area (Å²) < 4.78 is 24.7. The number of carbonyl (C=O) groups is 1. The number of rotatable bonds is 17. The molecule has 0 bridgehead atoms. The number of hydrogen-bond acceptors (Lipinski definition) is 12. The lowest BCUT2D eigenvalue weighted by atomic mass is 10.1. The average Bonchev–Trinajstić information content (AvgIpc) is 4.10. The Morgan fingerprint density at radius 3 is 1.45 bits per heavy atom. The number of ether oxygens (including phenoxy) is 4. The van der Waals surface area contributed by atoms with E-state index in [1.54, 1.807) is 43.1 Å². The molecule has 1 aliphatic rings. The lowest BCUT2D eigenvalue weighted by Gasteiger charge is -2.26. The second kappa shape index (κ2) is 23.5. The van der Waals surface area contributed by atoms with Crippen LogP contribution in [-0.4, -0.2) is 48.5 Å². The number of methoxy groups -OCH3 is 2. The number of anilines is 4. The smallest absolute Gasteiger partial charge is 0.150 e. The van der Waals surface area contributed by atoms with Crippen LogP contribution in [0, 0.1) is 0 Å². The van der Waals surface area contributed by atoms with Crippen molar-refractivity contribution in [3.05, 3.63) is 205 Å². The zero-order valence-corrected chi connectivity index (χ0v) is 42.4. The van der Waals surface area contributed by atoms with Gasteiger partial charge in [-0.15, -0.1) is 22.7 Å². The molecule has 0 unspecified atom stereocenters. The third kappa shape index (κ3) is 12.5. The fourth-order valence-electron chi connectivity index (χ4n) is 8.65. The summed E-state index contributed by atoms with van der Waals surface area (Å²) in [5.41, 5.74) is 12.4. The fourth-order valence-corrected chi connectivity index (χ4v) is 10.8. The number of likely N-dealkylation sites (tertiary alicyclic amines) is 1. The quantitative estimate of drug-likeness (QED) is 0.0857. The summed E-state index contributed by atoms with van der Waals surface area (Å²) in [6.45, 7) is 4.46. The number of carbonyl (C=O) groups excluding carboxylic acids is 1. The first-order valence-electron chi connectivity index (χ1n) is 24.4. The molecule has 0 aliphatic carbocycles. The van der Waals surface area contributed by atoms with Crippen molar-refractivity contribution < 1.29 is 23.7 Å². The van der Waals surface area contributed by atoms with E-state index >= 15 is 0 Å². The van der Waals surface area contributed by atoms with E-state index in [1.807, 2.05) is 134 Å². The van der Waals surface area contributed by atoms with Crippen LogP contribution in [0.2, 0.25) is 0 Å². The van der Waals surface area contributed by atoms with Crippen molar-refractivity contribution in [3.8, 4) is 43.9 Å². The molecule has 0 radical (unpaired) electrons. The number of aromatic nitrogens is 2. The van der Waals surface area contributed by atoms with Gasteiger partial charge in [-0.25, -0.2) is 0 Å². The molecule has 0 spiro atoms. The Labute approximate surface area is 433 Å². The number of pyridine rings is 2. The Hall–Kier alpha value is -8.03. The number of thiophene rings is 2. The van der Waals surface area contributed by atoms with Crippen molar-refractivity contribution in [3.63, 3.8) is 0 Å². The van der Waals surface area contributed by atoms with Crippen LogP contribution in [0.1, 0.15) is 46.3 Å². The van der Waals surface area contributed by atoms with Crippen LogP contribution in [0.4, 0.5) is 22.7 Å². The van der Waals surface area contributed by atoms with Gasteiger partial charge in [0.2, 0.25) is 0 Å². The highest BCUT2D eigenvalue weighted by Crippen LogP contribution is 2.40. The third-order valence-electron chi connectivity index (χ3n) is 12.6. The molecule has 73 heavy (non-hydrogen) atoms. The predicted octanol–water partition coefficient (Wildman–Crippen LogP) is 15.4. The topological polar surface area (TPSA) is 107 Å². The van der Waals surface area contributed by atoms with Crippen molar-refractivity contribution in [2.24, 2.45) is 0 Å². The van der Waals surface area contributed by atoms with Crippen molar-refractivity contribution >= 4 is 72.1 Å². The summed E-state index contributed by atoms with van der Waals surface area (Å²) in [7, 11) is 3.33. The van der Waals surface area contributed by atoms with Gasteiger partial charge in [0.25, 0.3) is 0 Å². The van der Waals surface area contributed by atoms with E-state index in [0.29, 0.717) is 18.8 Å². The van der Waals surface area contributed by atoms with Crippen molar-refractivity contribution in [1.82, 2.24) is 14.9 Å². The van der Waals surface area contributed by atoms with Gasteiger partial charge in [-0.05, 0) is 127 Å². The van der Waals surface area contributed by atoms with Gasteiger partial charge in [0.05, 0.1) is 46.0 Å². The zero-order valence-electron chi connectivity index (χ0n) is 40.8. The Kier molecular flexibility index (Phi) is 15.6. The van der Waals surface area contributed by atoms with Gasteiger partial charge in [-0.3, -0.25) is 19.7 Å². The second-order valence-electron chi connectivity index (χ2n) is 17.7. The van der Waals surface area contributed by atoms with Crippen molar-refractivity contribution in [2.75, 3.05) is 37.9 Å². The number of nitrogens with zero attached hydrogens (tertiary/aromatic N) is 3. The highest BCUT2D eigenvalue weighted by Gasteiger charge is 2.14. The van der Waals surface area contributed by atoms with Gasteiger partial charge in [-0.1, -0.05) is 91.3 Å². The summed E-state index contributed by atoms with van der Waals surface area (Å²) >= 11 is 3.45. The molecular formula is C61H55N5O5S2. The number of hydrogen-bond donors (Lipinski definition) is 2. The van der Waals surface area contributed by atoms with Gasteiger partial charge in [0.15, 0.2) is 0 Å². The summed E-state index contributed by atoms with van der Waals surface area (Å²) in [6.07, 6.45) is 8.55. The SMILES string of the molecule is COc1ccc(COc2cccc(Nc3ccnc4cc(-c5ccc(C=O)cc5)sc34)c2)cc1.COc1ccc(COc2cccc(Nc3ccnc4cc(-c5ccc(CN6CCCCC6)cc5)sc34)c2)cc1. The molecular weight excluding hydrogens is 947 g/mol. The van der Waals surface area contributed by atoms with Gasteiger partial charge in [-0.2, -0.15) is 0 Å². The molecule has 10 nitrogen and oxygen atoms in total. The summed E-state index contributed by atoms with van der Waals surface area (Å²) in [5.74, 6) is 3.27. The van der Waals surface area contributed by atoms with Crippen LogP contribution < -0.4 is 29.6 Å². The highest BCUT2D eigenvalue weighted by molar-refractivity contribution is 7.23. The molecule has 0 amide bonds. The number of fused-ring (bicyclic) bond motifs is 2. The Bertz CT molecular complexity index is 3410. The van der Waals surface area contributed by atoms with Crippen LogP contribution in [-0.2, 0) is 19.8 Å². The molecule has 4 aromatic heterocycles. The first kappa shape index (κ1) is 48.6. The van der Waals surface area contributed by atoms with E-state index in [9.17, 15) is 4.79 Å². The third-order valence-corrected chi connectivity index (χ3v) is 15.0. The minimum atomic E-state index is 0.476. The summed E-state index contributed by atoms with van der Waals surface area (Å²) in [6, 6.07) is 56.7. The van der Waals surface area contributed by atoms with Gasteiger partial charge in [0, 0.05) is 57.8 Å². The molecule has 10 aromatic rings. The molecule has 1 saturated heterocycles. The van der Waals surface area contributed by atoms with Gasteiger partial charge >= 0.3 is 0 Å². The summed E-state index contributed by atoms with van der Waals surface area (Å²) in [4.78, 5) is 25.0. The van der Waals surface area contributed by atoms with E-state index in [4.69, 9.17) is 18.9 Å². The Morgan fingerprint density at radius 2 is 0.986 bits per heavy atom. The van der Waals surface area contributed by atoms with Crippen LogP contribution in [0.3, 0.4) is 0 Å². The van der Waals surface area contributed by atoms with E-state index in [-0.39, 0.29) is 0 Å². The van der Waals surface area contributed by atoms with Gasteiger partial charge < -0.3 is 29.6 Å². The number of benzene rings is 6. The standard InChI is InChI=1S/C33H33N3O2S.C28H22N2O3S/c1-37-28-14-10-25(11-15-28)23-38-29-7-5-6-27(20-29)35-30-16-17-34-31-21-32(39-33(30)31)26-12-8-24(9-13-26)22-36-18-3-2-4-19-36;1-32-23-11-7-20(8-12-23)18-33-24-4-2-3-22(15-24)30-25-13-14-29-26-16-27(34-28(25)26)21-9-5-19(17-31)6-10-21/h5-17,20-21H,2-4,18-19,22-23H2,1H3,(H,34,35);2-17H,18H2,1H3,(H,29,30). The van der Waals surface area contributed by atoms with Crippen molar-refractivity contribution in [1.29, 1.82) is 0 Å². The first-order valence-corrected chi connectivity index (χ1v) is 26.0. The normalized spacial score (nSPS) is 12.4. The number of piperidine rings is 1. The molecule has 12 heteroatoms. The minimum absolute atomic E-state index is 0.476. The fraction of sp³-hybridized carbons (Fsp3) is 0.164. The lowest BCUT2D eigenvalue weighted by Crippen LogP contribution is -2.28. The van der Waals surface area contributed by atoms with Crippen LogP contribution in [0.25, 0.3) is 41.3 Å². The predicted molar refractivity (Wildman–Crippen MR) is 299 cm³/mol. The summed E-state index contributed by atoms with van der Waals surface area (Å²) in [5, 5.41) is 7.10. The molecule has 5 heterocycles. The van der Waals surface area contributed by atoms with Crippen LogP contribution in [0.15, 0.2) is 182 Å². The molecule has 366 valence electrons. The van der Waals surface area contributed by atoms with E-state index in [0.717, 1.165) is 101 Å². The first-order chi connectivity index (χ1) is 35.9. The lowest BCUT2D eigenvalue weighted by molar-refractivity contribution is 0.112. The van der Waals surface area contributed by atoms with Crippen LogP contribution >= 0.6 is 22.7 Å². The highest BCUT2D eigenvalue weighted by atomic mass is 32.1. The minimum Gasteiger partial charge on any atom is -0.497 e. The maximum atomic E-state index is 10.9. The monoisotopic (exact) mass is 1000 g/mol. The second-order valence-corrected chi connectivity index (χ2v) is 19.8. The molecule has 1 fully saturated rings. The number of nitrogens with one attached hydrogen (secondary N) is 2. The van der Waals surface area contributed by atoms with Crippen LogP contribution in [0.5, 0.6) is 23.0 Å². The Morgan fingerprint density at radius 1 is 0.521 bits per heavy atom. The maximum absolute atomic E-state index is 10.9. The molecule has 0 saturated carbocycles. The molecule has 6 aromatic carbocycles. The maximum Gasteiger partial charge on any atom is 0.150 e. The molecule has 11 rings (SSSR count). The molecule has 2 N–H and O–H groups in total. The largest absolute Gasteiger partial charge is 0.497 e. The van der Waals surface area contributed by atoms with Gasteiger partial charge in [0.1, 0.15) is 42.5 Å². The van der Waals surface area contributed by atoms with E-state index in [2.05, 4.69) is 68.0 Å². The molecule has 1 aliphatic heterocycles. The average molecular weight is 1000 g/mol. The molecule has 0 atom stereocenters. The van der Waals surface area contributed by atoms with Crippen molar-refractivity contribution in [2.45, 2.75) is 39.0 Å². The van der Waals surface area contributed by atoms with E-state index < -0.39 is 0 Å². The Balaban J connectivity index is 0.000000169. The number of aldehydes is 1. The zero-order chi connectivity index (χ0) is 49.8.